The lowest BCUT2D eigenvalue weighted by molar-refractivity contribution is 0.101. The summed E-state index contributed by atoms with van der Waals surface area (Å²) in [5, 5.41) is 9.53. The summed E-state index contributed by atoms with van der Waals surface area (Å²) in [4.78, 5) is 32.1. The van der Waals surface area contributed by atoms with E-state index in [2.05, 4.69) is 39.7 Å². The Morgan fingerprint density at radius 2 is 1.59 bits per heavy atom. The average molecular weight is 478 g/mol. The van der Waals surface area contributed by atoms with Gasteiger partial charge in [0, 0.05) is 42.6 Å². The van der Waals surface area contributed by atoms with Crippen molar-refractivity contribution in [1.82, 2.24) is 10.3 Å². The highest BCUT2D eigenvalue weighted by Crippen LogP contribution is 2.26. The highest BCUT2D eigenvalue weighted by molar-refractivity contribution is 6.34. The molecule has 1 aromatic heterocycles. The Morgan fingerprint density at radius 1 is 0.941 bits per heavy atom. The van der Waals surface area contributed by atoms with Gasteiger partial charge >= 0.3 is 0 Å². The second kappa shape index (κ2) is 10.2. The molecular weight excluding hydrogens is 450 g/mol. The number of hydrogen-bond acceptors (Lipinski definition) is 5. The zero-order chi connectivity index (χ0) is 24.2. The Labute approximate surface area is 204 Å². The smallest absolute Gasteiger partial charge is 0.257 e. The highest BCUT2D eigenvalue weighted by atomic mass is 35.5. The van der Waals surface area contributed by atoms with E-state index in [0.717, 1.165) is 24.5 Å². The molecule has 0 aliphatic carbocycles. The predicted molar refractivity (Wildman–Crippen MR) is 137 cm³/mol. The third-order valence-electron chi connectivity index (χ3n) is 5.68. The molecule has 1 fully saturated rings. The number of nitrogens with one attached hydrogen (secondary N) is 3. The van der Waals surface area contributed by atoms with Gasteiger partial charge in [0.05, 0.1) is 16.3 Å². The van der Waals surface area contributed by atoms with E-state index in [1.807, 2.05) is 25.1 Å². The van der Waals surface area contributed by atoms with Gasteiger partial charge in [-0.25, -0.2) is 4.98 Å². The molecule has 176 valence electrons. The van der Waals surface area contributed by atoms with Crippen LogP contribution in [0.1, 0.15) is 40.1 Å². The van der Waals surface area contributed by atoms with Crippen LogP contribution >= 0.6 is 11.6 Å². The van der Waals surface area contributed by atoms with Gasteiger partial charge in [0.15, 0.2) is 0 Å². The summed E-state index contributed by atoms with van der Waals surface area (Å²) >= 11 is 6.27. The van der Waals surface area contributed by atoms with E-state index in [1.165, 1.54) is 0 Å². The van der Waals surface area contributed by atoms with Crippen molar-refractivity contribution in [3.63, 3.8) is 0 Å². The van der Waals surface area contributed by atoms with E-state index in [0.29, 0.717) is 39.6 Å². The van der Waals surface area contributed by atoms with Crippen LogP contribution < -0.4 is 20.9 Å². The van der Waals surface area contributed by atoms with Crippen molar-refractivity contribution in [2.24, 2.45) is 0 Å². The first kappa shape index (κ1) is 23.7. The van der Waals surface area contributed by atoms with E-state index < -0.39 is 0 Å². The zero-order valence-electron chi connectivity index (χ0n) is 19.4. The number of benzene rings is 2. The molecule has 3 aromatic rings. The van der Waals surface area contributed by atoms with Crippen molar-refractivity contribution in [3.05, 3.63) is 82.5 Å². The standard InChI is InChI=1S/C26H28ClN5O2/c1-16-4-6-19(7-5-16)25(33)31-23-12-21(9-10-22(23)27)30-26(34)20-8-11-24(28-13-20)32-14-17(2)29-18(3)15-32/h4-13,17-18,29H,14-15H2,1-3H3,(H,30,34)(H,31,33)/t17-,18+. The van der Waals surface area contributed by atoms with E-state index in [-0.39, 0.29) is 11.8 Å². The lowest BCUT2D eigenvalue weighted by atomic mass is 10.1. The third-order valence-corrected chi connectivity index (χ3v) is 6.01. The fourth-order valence-electron chi connectivity index (χ4n) is 4.02. The Kier molecular flexibility index (Phi) is 7.14. The number of halogens is 1. The number of aryl methyl sites for hydroxylation is 1. The maximum absolute atomic E-state index is 12.8. The number of hydrogen-bond donors (Lipinski definition) is 3. The minimum absolute atomic E-state index is 0.276. The first-order valence-electron chi connectivity index (χ1n) is 11.2. The van der Waals surface area contributed by atoms with E-state index in [1.54, 1.807) is 42.6 Å². The van der Waals surface area contributed by atoms with Crippen molar-refractivity contribution in [3.8, 4) is 0 Å². The van der Waals surface area contributed by atoms with Crippen molar-refractivity contribution >= 4 is 40.6 Å². The van der Waals surface area contributed by atoms with Gasteiger partial charge < -0.3 is 20.9 Å². The fraction of sp³-hybridized carbons (Fsp3) is 0.269. The average Bonchev–Trinajstić information content (AvgIpc) is 2.81. The van der Waals surface area contributed by atoms with Crippen molar-refractivity contribution in [2.45, 2.75) is 32.9 Å². The van der Waals surface area contributed by atoms with Crippen molar-refractivity contribution < 1.29 is 9.59 Å². The maximum atomic E-state index is 12.8. The van der Waals surface area contributed by atoms with Crippen molar-refractivity contribution in [1.29, 1.82) is 0 Å². The number of aromatic nitrogens is 1. The number of rotatable bonds is 5. The third kappa shape index (κ3) is 5.73. The number of piperazine rings is 1. The topological polar surface area (TPSA) is 86.4 Å². The minimum Gasteiger partial charge on any atom is -0.354 e. The number of carbonyl (C=O) groups is 2. The molecule has 3 N–H and O–H groups in total. The molecule has 2 heterocycles. The van der Waals surface area contributed by atoms with Crippen LogP contribution in [0.3, 0.4) is 0 Å². The molecule has 0 bridgehead atoms. The van der Waals surface area contributed by atoms with Gasteiger partial charge in [0.25, 0.3) is 11.8 Å². The first-order valence-corrected chi connectivity index (χ1v) is 11.6. The largest absolute Gasteiger partial charge is 0.354 e. The molecular formula is C26H28ClN5O2. The first-order chi connectivity index (χ1) is 16.3. The number of pyridine rings is 1. The molecule has 2 aromatic carbocycles. The Hall–Kier alpha value is -3.42. The molecule has 0 saturated carbocycles. The van der Waals surface area contributed by atoms with Crippen LogP contribution in [0.15, 0.2) is 60.8 Å². The van der Waals surface area contributed by atoms with Crippen LogP contribution in [0.2, 0.25) is 5.02 Å². The van der Waals surface area contributed by atoms with E-state index in [9.17, 15) is 9.59 Å². The Balaban J connectivity index is 1.43. The van der Waals surface area contributed by atoms with Gasteiger partial charge in [0.1, 0.15) is 5.82 Å². The van der Waals surface area contributed by atoms with Gasteiger partial charge in [-0.05, 0) is 63.2 Å². The lowest BCUT2D eigenvalue weighted by Crippen LogP contribution is -2.54. The van der Waals surface area contributed by atoms with Crippen LogP contribution in [-0.4, -0.2) is 42.0 Å². The molecule has 0 unspecified atom stereocenters. The summed E-state index contributed by atoms with van der Waals surface area (Å²) in [6, 6.07) is 16.6. The lowest BCUT2D eigenvalue weighted by Gasteiger charge is -2.36. The summed E-state index contributed by atoms with van der Waals surface area (Å²) in [6.45, 7) is 7.98. The van der Waals surface area contributed by atoms with Gasteiger partial charge in [-0.2, -0.15) is 0 Å². The van der Waals surface area contributed by atoms with Crippen molar-refractivity contribution in [2.75, 3.05) is 28.6 Å². The second-order valence-electron chi connectivity index (χ2n) is 8.75. The molecule has 1 saturated heterocycles. The number of amides is 2. The summed E-state index contributed by atoms with van der Waals surface area (Å²) < 4.78 is 0. The maximum Gasteiger partial charge on any atom is 0.257 e. The Morgan fingerprint density at radius 3 is 2.24 bits per heavy atom. The van der Waals surface area contributed by atoms with E-state index >= 15 is 0 Å². The Bertz CT molecular complexity index is 1170. The molecule has 7 nitrogen and oxygen atoms in total. The van der Waals surface area contributed by atoms with Gasteiger partial charge in [-0.15, -0.1) is 0 Å². The second-order valence-corrected chi connectivity index (χ2v) is 9.15. The minimum atomic E-state index is -0.292. The van der Waals surface area contributed by atoms with Gasteiger partial charge in [0.2, 0.25) is 0 Å². The van der Waals surface area contributed by atoms with Gasteiger partial charge in [-0.1, -0.05) is 29.3 Å². The molecule has 0 radical (unpaired) electrons. The number of anilines is 3. The molecule has 1 aliphatic rings. The summed E-state index contributed by atoms with van der Waals surface area (Å²) in [7, 11) is 0. The molecule has 34 heavy (non-hydrogen) atoms. The van der Waals surface area contributed by atoms with Crippen LogP contribution in [-0.2, 0) is 0 Å². The van der Waals surface area contributed by atoms with Crippen LogP contribution in [0.4, 0.5) is 17.2 Å². The summed E-state index contributed by atoms with van der Waals surface area (Å²) in [6.07, 6.45) is 1.58. The molecule has 0 spiro atoms. The fourth-order valence-corrected chi connectivity index (χ4v) is 4.19. The van der Waals surface area contributed by atoms with Crippen LogP contribution in [0, 0.1) is 6.92 Å². The number of carbonyl (C=O) groups excluding carboxylic acids is 2. The van der Waals surface area contributed by atoms with Crippen LogP contribution in [0.25, 0.3) is 0 Å². The molecule has 2 amide bonds. The van der Waals surface area contributed by atoms with Crippen LogP contribution in [0.5, 0.6) is 0 Å². The quantitative estimate of drug-likeness (QED) is 0.494. The monoisotopic (exact) mass is 477 g/mol. The molecule has 1 aliphatic heterocycles. The predicted octanol–water partition coefficient (Wildman–Crippen LogP) is 4.73. The normalized spacial score (nSPS) is 17.8. The zero-order valence-corrected chi connectivity index (χ0v) is 20.2. The SMILES string of the molecule is Cc1ccc(C(=O)Nc2cc(NC(=O)c3ccc(N4C[C@@H](C)N[C@@H](C)C4)nc3)ccc2Cl)cc1. The summed E-state index contributed by atoms with van der Waals surface area (Å²) in [5.74, 6) is 0.283. The molecule has 2 atom stereocenters. The highest BCUT2D eigenvalue weighted by Gasteiger charge is 2.22. The van der Waals surface area contributed by atoms with Gasteiger partial charge in [-0.3, -0.25) is 9.59 Å². The van der Waals surface area contributed by atoms with E-state index in [4.69, 9.17) is 11.6 Å². The summed E-state index contributed by atoms with van der Waals surface area (Å²) in [5.41, 5.74) is 2.97. The molecule has 8 heteroatoms. The number of nitrogens with zero attached hydrogens (tertiary/aromatic N) is 2. The molecule has 4 rings (SSSR count).